The molecule has 1 aromatic rings. The Labute approximate surface area is 84.2 Å². The number of hydrogen-bond donors (Lipinski definition) is 3. The predicted octanol–water partition coefficient (Wildman–Crippen LogP) is 1.16. The molecule has 4 N–H and O–H groups in total. The van der Waals surface area contributed by atoms with Gasteiger partial charge in [-0.25, -0.2) is 4.98 Å². The van der Waals surface area contributed by atoms with E-state index < -0.39 is 0 Å². The smallest absolute Gasteiger partial charge is 0.128 e. The summed E-state index contributed by atoms with van der Waals surface area (Å²) in [5.41, 5.74) is 7.27. The third-order valence-corrected chi connectivity index (χ3v) is 1.95. The van der Waals surface area contributed by atoms with Gasteiger partial charge < -0.3 is 16.2 Å². The summed E-state index contributed by atoms with van der Waals surface area (Å²) in [5, 5.41) is 12.2. The Hall–Kier alpha value is -1.29. The lowest BCUT2D eigenvalue weighted by atomic mass is 10.2. The van der Waals surface area contributed by atoms with Crippen molar-refractivity contribution < 1.29 is 5.11 Å². The minimum atomic E-state index is -0.281. The van der Waals surface area contributed by atoms with E-state index in [0.29, 0.717) is 12.1 Å². The van der Waals surface area contributed by atoms with Crippen LogP contribution in [-0.2, 0) is 0 Å². The summed E-state index contributed by atoms with van der Waals surface area (Å²) in [4.78, 5) is 4.16. The Balaban J connectivity index is 2.51. The number of aryl methyl sites for hydroxylation is 1. The lowest BCUT2D eigenvalue weighted by Crippen LogP contribution is -2.11. The van der Waals surface area contributed by atoms with Crippen LogP contribution in [-0.4, -0.2) is 22.7 Å². The van der Waals surface area contributed by atoms with E-state index in [1.807, 2.05) is 13.0 Å². The van der Waals surface area contributed by atoms with Crippen molar-refractivity contribution in [2.45, 2.75) is 26.4 Å². The quantitative estimate of drug-likeness (QED) is 0.674. The molecule has 0 saturated heterocycles. The van der Waals surface area contributed by atoms with Crippen molar-refractivity contribution in [3.8, 4) is 0 Å². The maximum atomic E-state index is 9.06. The van der Waals surface area contributed by atoms with Crippen LogP contribution in [0.5, 0.6) is 0 Å². The first-order valence-corrected chi connectivity index (χ1v) is 4.73. The number of hydrogen-bond acceptors (Lipinski definition) is 4. The predicted molar refractivity (Wildman–Crippen MR) is 58.2 cm³/mol. The van der Waals surface area contributed by atoms with Gasteiger partial charge in [0.2, 0.25) is 0 Å². The van der Waals surface area contributed by atoms with Gasteiger partial charge in [0.05, 0.1) is 18.0 Å². The van der Waals surface area contributed by atoms with Gasteiger partial charge in [0.15, 0.2) is 0 Å². The number of nitrogens with zero attached hydrogens (tertiary/aromatic N) is 1. The fourth-order valence-electron chi connectivity index (χ4n) is 1.18. The second kappa shape index (κ2) is 4.81. The molecule has 0 amide bonds. The Kier molecular flexibility index (Phi) is 3.71. The summed E-state index contributed by atoms with van der Waals surface area (Å²) >= 11 is 0. The van der Waals surface area contributed by atoms with Crippen LogP contribution in [0.3, 0.4) is 0 Å². The minimum Gasteiger partial charge on any atom is -0.397 e. The molecule has 1 unspecified atom stereocenters. The summed E-state index contributed by atoms with van der Waals surface area (Å²) in [7, 11) is 0. The molecular formula is C10H17N3O. The second-order valence-electron chi connectivity index (χ2n) is 3.50. The third kappa shape index (κ3) is 3.22. The van der Waals surface area contributed by atoms with Crippen LogP contribution in [0.4, 0.5) is 11.5 Å². The minimum absolute atomic E-state index is 0.281. The highest BCUT2D eigenvalue weighted by Gasteiger charge is 2.00. The summed E-state index contributed by atoms with van der Waals surface area (Å²) in [6, 6.07) is 1.87. The van der Waals surface area contributed by atoms with Crippen LogP contribution in [0.25, 0.3) is 0 Å². The van der Waals surface area contributed by atoms with Gasteiger partial charge in [0, 0.05) is 6.54 Å². The molecule has 14 heavy (non-hydrogen) atoms. The molecule has 1 heterocycles. The standard InChI is InChI=1S/C10H17N3O/c1-7-5-9(11)6-13-10(7)12-4-3-8(2)14/h5-6,8,14H,3-4,11H2,1-2H3,(H,12,13). The lowest BCUT2D eigenvalue weighted by Gasteiger charge is -2.09. The molecule has 0 aromatic carbocycles. The molecule has 0 saturated carbocycles. The van der Waals surface area contributed by atoms with Crippen LogP contribution in [0.15, 0.2) is 12.3 Å². The molecular weight excluding hydrogens is 178 g/mol. The van der Waals surface area contributed by atoms with Crippen molar-refractivity contribution in [2.24, 2.45) is 0 Å². The summed E-state index contributed by atoms with van der Waals surface area (Å²) < 4.78 is 0. The maximum absolute atomic E-state index is 9.06. The molecule has 0 bridgehead atoms. The number of aliphatic hydroxyl groups is 1. The Morgan fingerprint density at radius 3 is 2.93 bits per heavy atom. The maximum Gasteiger partial charge on any atom is 0.128 e. The number of aromatic nitrogens is 1. The van der Waals surface area contributed by atoms with Gasteiger partial charge in [0.25, 0.3) is 0 Å². The van der Waals surface area contributed by atoms with Gasteiger partial charge >= 0.3 is 0 Å². The van der Waals surface area contributed by atoms with Crippen LogP contribution in [0.1, 0.15) is 18.9 Å². The average Bonchev–Trinajstić information content (AvgIpc) is 2.08. The molecule has 1 rings (SSSR count). The molecule has 1 aromatic heterocycles. The van der Waals surface area contributed by atoms with E-state index in [0.717, 1.165) is 17.9 Å². The fourth-order valence-corrected chi connectivity index (χ4v) is 1.18. The zero-order valence-electron chi connectivity index (χ0n) is 8.62. The number of aliphatic hydroxyl groups excluding tert-OH is 1. The van der Waals surface area contributed by atoms with Gasteiger partial charge in [-0.05, 0) is 31.9 Å². The lowest BCUT2D eigenvalue weighted by molar-refractivity contribution is 0.188. The van der Waals surface area contributed by atoms with Gasteiger partial charge in [-0.15, -0.1) is 0 Å². The summed E-state index contributed by atoms with van der Waals surface area (Å²) in [6.45, 7) is 4.44. The summed E-state index contributed by atoms with van der Waals surface area (Å²) in [5.74, 6) is 0.833. The first kappa shape index (κ1) is 10.8. The van der Waals surface area contributed by atoms with Crippen molar-refractivity contribution in [1.29, 1.82) is 0 Å². The van der Waals surface area contributed by atoms with Crippen molar-refractivity contribution in [2.75, 3.05) is 17.6 Å². The van der Waals surface area contributed by atoms with Crippen molar-refractivity contribution >= 4 is 11.5 Å². The number of nitrogens with two attached hydrogens (primary N) is 1. The largest absolute Gasteiger partial charge is 0.397 e. The Bertz CT molecular complexity index is 299. The zero-order chi connectivity index (χ0) is 10.6. The first-order valence-electron chi connectivity index (χ1n) is 4.73. The van der Waals surface area contributed by atoms with Gasteiger partial charge in [-0.2, -0.15) is 0 Å². The van der Waals surface area contributed by atoms with Crippen molar-refractivity contribution in [3.63, 3.8) is 0 Å². The first-order chi connectivity index (χ1) is 6.59. The van der Waals surface area contributed by atoms with Crippen LogP contribution in [0.2, 0.25) is 0 Å². The van der Waals surface area contributed by atoms with E-state index in [1.165, 1.54) is 0 Å². The van der Waals surface area contributed by atoms with Crippen molar-refractivity contribution in [3.05, 3.63) is 17.8 Å². The number of anilines is 2. The third-order valence-electron chi connectivity index (χ3n) is 1.95. The van der Waals surface area contributed by atoms with Crippen LogP contribution in [0, 0.1) is 6.92 Å². The highest BCUT2D eigenvalue weighted by Crippen LogP contribution is 2.13. The number of nitrogen functional groups attached to an aromatic ring is 1. The monoisotopic (exact) mass is 195 g/mol. The van der Waals surface area contributed by atoms with E-state index in [-0.39, 0.29) is 6.10 Å². The van der Waals surface area contributed by atoms with Crippen LogP contribution < -0.4 is 11.1 Å². The number of nitrogens with one attached hydrogen (secondary N) is 1. The number of pyridine rings is 1. The van der Waals surface area contributed by atoms with Gasteiger partial charge in [-0.3, -0.25) is 0 Å². The zero-order valence-corrected chi connectivity index (χ0v) is 8.62. The Morgan fingerprint density at radius 1 is 1.64 bits per heavy atom. The fraction of sp³-hybridized carbons (Fsp3) is 0.500. The van der Waals surface area contributed by atoms with E-state index in [1.54, 1.807) is 13.1 Å². The molecule has 0 radical (unpaired) electrons. The topological polar surface area (TPSA) is 71.2 Å². The molecule has 1 atom stereocenters. The van der Waals surface area contributed by atoms with Gasteiger partial charge in [-0.1, -0.05) is 0 Å². The van der Waals surface area contributed by atoms with Gasteiger partial charge in [0.1, 0.15) is 5.82 Å². The molecule has 4 nitrogen and oxygen atoms in total. The Morgan fingerprint density at radius 2 is 2.36 bits per heavy atom. The normalized spacial score (nSPS) is 12.5. The van der Waals surface area contributed by atoms with Crippen molar-refractivity contribution in [1.82, 2.24) is 4.98 Å². The van der Waals surface area contributed by atoms with E-state index in [9.17, 15) is 0 Å². The van der Waals surface area contributed by atoms with E-state index in [4.69, 9.17) is 10.8 Å². The van der Waals surface area contributed by atoms with Crippen LogP contribution >= 0.6 is 0 Å². The molecule has 0 spiro atoms. The molecule has 0 aliphatic carbocycles. The SMILES string of the molecule is Cc1cc(N)cnc1NCCC(C)O. The van der Waals surface area contributed by atoms with E-state index in [2.05, 4.69) is 10.3 Å². The molecule has 78 valence electrons. The molecule has 0 fully saturated rings. The number of rotatable bonds is 4. The van der Waals surface area contributed by atoms with E-state index >= 15 is 0 Å². The average molecular weight is 195 g/mol. The molecule has 0 aliphatic heterocycles. The highest BCUT2D eigenvalue weighted by atomic mass is 16.3. The molecule has 0 aliphatic rings. The highest BCUT2D eigenvalue weighted by molar-refractivity contribution is 5.50. The molecule has 4 heteroatoms. The summed E-state index contributed by atoms with van der Waals surface area (Å²) in [6.07, 6.45) is 2.06. The second-order valence-corrected chi connectivity index (χ2v) is 3.50.